The number of hydrogen-bond donors (Lipinski definition) is 0. The van der Waals surface area contributed by atoms with Gasteiger partial charge in [-0.2, -0.15) is 13.2 Å². The molecule has 0 amide bonds. The molecule has 0 spiro atoms. The molecule has 0 fully saturated rings. The molecule has 1 nitrogen and oxygen atoms in total. The highest BCUT2D eigenvalue weighted by Gasteiger charge is 2.34. The van der Waals surface area contributed by atoms with Gasteiger partial charge in [-0.1, -0.05) is 30.3 Å². The van der Waals surface area contributed by atoms with E-state index in [4.69, 9.17) is 16.3 Å². The predicted molar refractivity (Wildman–Crippen MR) is 67.5 cm³/mol. The van der Waals surface area contributed by atoms with E-state index < -0.39 is 11.7 Å². The maximum Gasteiger partial charge on any atom is 0.419 e. The van der Waals surface area contributed by atoms with Crippen molar-refractivity contribution < 1.29 is 17.9 Å². The van der Waals surface area contributed by atoms with Crippen molar-refractivity contribution in [3.8, 4) is 11.5 Å². The van der Waals surface area contributed by atoms with Crippen molar-refractivity contribution in [2.75, 3.05) is 0 Å². The van der Waals surface area contributed by atoms with Gasteiger partial charge in [0.15, 0.2) is 0 Å². The summed E-state index contributed by atoms with van der Waals surface area (Å²) in [5, 5.41) is 0. The summed E-state index contributed by atoms with van der Waals surface area (Å²) >= 11 is 5.73. The van der Waals surface area contributed by atoms with E-state index in [1.807, 2.05) is 0 Å². The van der Waals surface area contributed by atoms with E-state index in [1.54, 1.807) is 24.3 Å². The van der Waals surface area contributed by atoms with Gasteiger partial charge in [-0.3, -0.25) is 0 Å². The van der Waals surface area contributed by atoms with E-state index in [9.17, 15) is 13.2 Å². The monoisotopic (exact) mass is 286 g/mol. The number of rotatable bonds is 3. The lowest BCUT2D eigenvalue weighted by Gasteiger charge is -2.14. The van der Waals surface area contributed by atoms with E-state index in [1.165, 1.54) is 18.2 Å². The average Bonchev–Trinajstić information content (AvgIpc) is 2.39. The van der Waals surface area contributed by atoms with Gasteiger partial charge >= 0.3 is 6.18 Å². The van der Waals surface area contributed by atoms with Crippen LogP contribution in [0.15, 0.2) is 48.5 Å². The Morgan fingerprint density at radius 2 is 1.47 bits per heavy atom. The van der Waals surface area contributed by atoms with Gasteiger partial charge in [-0.05, 0) is 18.2 Å². The molecule has 0 aliphatic carbocycles. The summed E-state index contributed by atoms with van der Waals surface area (Å²) in [4.78, 5) is 0. The van der Waals surface area contributed by atoms with E-state index in [-0.39, 0.29) is 11.6 Å². The zero-order valence-electron chi connectivity index (χ0n) is 9.75. The van der Waals surface area contributed by atoms with Gasteiger partial charge in [0.1, 0.15) is 11.5 Å². The van der Waals surface area contributed by atoms with Crippen molar-refractivity contribution in [3.63, 3.8) is 0 Å². The maximum absolute atomic E-state index is 12.8. The number of para-hydroxylation sites is 2. The first-order valence-corrected chi connectivity index (χ1v) is 6.04. The maximum atomic E-state index is 12.8. The molecule has 0 aliphatic heterocycles. The molecule has 0 heterocycles. The van der Waals surface area contributed by atoms with Crippen LogP contribution >= 0.6 is 11.6 Å². The number of benzene rings is 2. The highest BCUT2D eigenvalue weighted by molar-refractivity contribution is 6.17. The van der Waals surface area contributed by atoms with E-state index in [2.05, 4.69) is 0 Å². The fraction of sp³-hybridized carbons (Fsp3) is 0.143. The summed E-state index contributed by atoms with van der Waals surface area (Å²) in [5.74, 6) is 0.270. The Hall–Kier alpha value is -1.68. The van der Waals surface area contributed by atoms with Gasteiger partial charge in [-0.25, -0.2) is 0 Å². The summed E-state index contributed by atoms with van der Waals surface area (Å²) < 4.78 is 43.8. The topological polar surface area (TPSA) is 9.23 Å². The molecule has 5 heteroatoms. The fourth-order valence-corrected chi connectivity index (χ4v) is 1.84. The fourth-order valence-electron chi connectivity index (χ4n) is 1.62. The van der Waals surface area contributed by atoms with Crippen LogP contribution in [-0.2, 0) is 12.1 Å². The van der Waals surface area contributed by atoms with Crippen LogP contribution in [0.3, 0.4) is 0 Å². The molecule has 0 radical (unpaired) electrons. The summed E-state index contributed by atoms with van der Waals surface area (Å²) in [6.45, 7) is 0. The quantitative estimate of drug-likeness (QED) is 0.701. The van der Waals surface area contributed by atoms with Crippen LogP contribution in [0.1, 0.15) is 11.1 Å². The van der Waals surface area contributed by atoms with Crippen molar-refractivity contribution in [3.05, 3.63) is 59.7 Å². The standard InChI is InChI=1S/C14H10ClF3O/c15-9-10-5-1-3-7-12(10)19-13-8-4-2-6-11(13)14(16,17)18/h1-8H,9H2. The lowest BCUT2D eigenvalue weighted by Crippen LogP contribution is -2.07. The second kappa shape index (κ2) is 5.53. The smallest absolute Gasteiger partial charge is 0.419 e. The number of alkyl halides is 4. The molecule has 2 rings (SSSR count). The van der Waals surface area contributed by atoms with E-state index in [0.717, 1.165) is 6.07 Å². The lowest BCUT2D eigenvalue weighted by atomic mass is 10.2. The molecule has 0 saturated carbocycles. The third-order valence-corrected chi connectivity index (χ3v) is 2.82. The molecule has 0 unspecified atom stereocenters. The van der Waals surface area contributed by atoms with E-state index >= 15 is 0 Å². The average molecular weight is 287 g/mol. The second-order valence-electron chi connectivity index (χ2n) is 3.84. The third kappa shape index (κ3) is 3.20. The number of hydrogen-bond acceptors (Lipinski definition) is 1. The van der Waals surface area contributed by atoms with Crippen molar-refractivity contribution >= 4 is 11.6 Å². The van der Waals surface area contributed by atoms with Crippen LogP contribution in [0.2, 0.25) is 0 Å². The Morgan fingerprint density at radius 3 is 2.11 bits per heavy atom. The molecular weight excluding hydrogens is 277 g/mol. The molecule has 2 aromatic rings. The highest BCUT2D eigenvalue weighted by atomic mass is 35.5. The minimum atomic E-state index is -4.45. The first-order valence-electron chi connectivity index (χ1n) is 5.50. The van der Waals surface area contributed by atoms with Crippen LogP contribution in [0.5, 0.6) is 11.5 Å². The van der Waals surface area contributed by atoms with Gasteiger partial charge in [0.2, 0.25) is 0 Å². The first kappa shape index (κ1) is 13.7. The van der Waals surface area contributed by atoms with Gasteiger partial charge in [0, 0.05) is 5.56 Å². The second-order valence-corrected chi connectivity index (χ2v) is 4.10. The molecule has 0 atom stereocenters. The van der Waals surface area contributed by atoms with Crippen LogP contribution < -0.4 is 4.74 Å². The lowest BCUT2D eigenvalue weighted by molar-refractivity contribution is -0.138. The molecule has 0 N–H and O–H groups in total. The summed E-state index contributed by atoms with van der Waals surface area (Å²) in [5.41, 5.74) is -0.166. The van der Waals surface area contributed by atoms with Crippen LogP contribution in [0, 0.1) is 0 Å². The molecule has 0 aromatic heterocycles. The van der Waals surface area contributed by atoms with Gasteiger partial charge in [0.25, 0.3) is 0 Å². The summed E-state index contributed by atoms with van der Waals surface area (Å²) in [7, 11) is 0. The molecule has 0 saturated heterocycles. The normalized spacial score (nSPS) is 11.4. The molecule has 2 aromatic carbocycles. The van der Waals surface area contributed by atoms with Crippen molar-refractivity contribution in [1.29, 1.82) is 0 Å². The van der Waals surface area contributed by atoms with Gasteiger partial charge in [-0.15, -0.1) is 11.6 Å². The van der Waals surface area contributed by atoms with Crippen LogP contribution in [0.4, 0.5) is 13.2 Å². The van der Waals surface area contributed by atoms with Crippen molar-refractivity contribution in [1.82, 2.24) is 0 Å². The molecule has 19 heavy (non-hydrogen) atoms. The molecule has 0 bridgehead atoms. The van der Waals surface area contributed by atoms with Crippen LogP contribution in [-0.4, -0.2) is 0 Å². The van der Waals surface area contributed by atoms with E-state index in [0.29, 0.717) is 11.3 Å². The zero-order chi connectivity index (χ0) is 13.9. The Kier molecular flexibility index (Phi) is 4.00. The minimum Gasteiger partial charge on any atom is -0.456 e. The molecule has 0 aliphatic rings. The third-order valence-electron chi connectivity index (χ3n) is 2.53. The first-order chi connectivity index (χ1) is 9.02. The SMILES string of the molecule is FC(F)(F)c1ccccc1Oc1ccccc1CCl. The predicted octanol–water partition coefficient (Wildman–Crippen LogP) is 5.24. The minimum absolute atomic E-state index is 0.171. The largest absolute Gasteiger partial charge is 0.456 e. The Morgan fingerprint density at radius 1 is 0.895 bits per heavy atom. The zero-order valence-corrected chi connectivity index (χ0v) is 10.5. The molecule has 100 valence electrons. The number of halogens is 4. The summed E-state index contributed by atoms with van der Waals surface area (Å²) in [6, 6.07) is 11.8. The highest BCUT2D eigenvalue weighted by Crippen LogP contribution is 2.38. The molecular formula is C14H10ClF3O. The van der Waals surface area contributed by atoms with Crippen molar-refractivity contribution in [2.45, 2.75) is 12.1 Å². The summed E-state index contributed by atoms with van der Waals surface area (Å²) in [6.07, 6.45) is -4.45. The van der Waals surface area contributed by atoms with Crippen molar-refractivity contribution in [2.24, 2.45) is 0 Å². The number of ether oxygens (including phenoxy) is 1. The van der Waals surface area contributed by atoms with Gasteiger partial charge < -0.3 is 4.74 Å². The Bertz CT molecular complexity index is 567. The Balaban J connectivity index is 2.39. The van der Waals surface area contributed by atoms with Gasteiger partial charge in [0.05, 0.1) is 11.4 Å². The Labute approximate surface area is 113 Å². The van der Waals surface area contributed by atoms with Crippen LogP contribution in [0.25, 0.3) is 0 Å².